The molecule has 0 aliphatic heterocycles. The standard InChI is InChI=1S/C15H23O6P/c1-5-19-22(18,20-6-2)21-13-10-8-7-9-12(13)15(3,4)11-14(16)17/h7-10H,5-6,11H2,1-4H3,(H,16,17). The quantitative estimate of drug-likeness (QED) is 0.689. The largest absolute Gasteiger partial charge is 0.530 e. The topological polar surface area (TPSA) is 82.1 Å². The molecule has 0 fully saturated rings. The molecule has 0 aliphatic carbocycles. The minimum Gasteiger partial charge on any atom is -0.481 e. The van der Waals surface area contributed by atoms with Crippen molar-refractivity contribution in [3.63, 3.8) is 0 Å². The number of rotatable bonds is 9. The van der Waals surface area contributed by atoms with Gasteiger partial charge in [-0.2, -0.15) is 0 Å². The lowest BCUT2D eigenvalue weighted by Gasteiger charge is -2.27. The van der Waals surface area contributed by atoms with Crippen LogP contribution in [0, 0.1) is 0 Å². The summed E-state index contributed by atoms with van der Waals surface area (Å²) in [6.45, 7) is 7.31. The van der Waals surface area contributed by atoms with Gasteiger partial charge in [-0.15, -0.1) is 0 Å². The van der Waals surface area contributed by atoms with Crippen LogP contribution in [0.25, 0.3) is 0 Å². The molecule has 0 saturated carbocycles. The summed E-state index contributed by atoms with van der Waals surface area (Å²) < 4.78 is 28.2. The lowest BCUT2D eigenvalue weighted by molar-refractivity contribution is -0.138. The second-order valence-corrected chi connectivity index (χ2v) is 6.92. The van der Waals surface area contributed by atoms with Gasteiger partial charge < -0.3 is 9.63 Å². The van der Waals surface area contributed by atoms with Crippen LogP contribution in [0.4, 0.5) is 0 Å². The van der Waals surface area contributed by atoms with Crippen molar-refractivity contribution in [3.05, 3.63) is 29.8 Å². The molecule has 0 saturated heterocycles. The number of aliphatic carboxylic acids is 1. The first-order chi connectivity index (χ1) is 10.2. The molecule has 0 aromatic heterocycles. The molecule has 0 radical (unpaired) electrons. The van der Waals surface area contributed by atoms with Crippen LogP contribution in [0.3, 0.4) is 0 Å². The Kier molecular flexibility index (Phi) is 6.60. The third-order valence-corrected chi connectivity index (χ3v) is 4.56. The molecular formula is C15H23O6P. The Morgan fingerprint density at radius 3 is 2.23 bits per heavy atom. The van der Waals surface area contributed by atoms with Gasteiger partial charge in [0.2, 0.25) is 0 Å². The van der Waals surface area contributed by atoms with E-state index in [4.69, 9.17) is 18.7 Å². The molecule has 1 rings (SSSR count). The highest BCUT2D eigenvalue weighted by atomic mass is 31.2. The van der Waals surface area contributed by atoms with Crippen LogP contribution in [0.1, 0.15) is 39.7 Å². The molecule has 0 amide bonds. The number of phosphoric ester groups is 1. The molecular weight excluding hydrogens is 307 g/mol. The van der Waals surface area contributed by atoms with Gasteiger partial charge in [0, 0.05) is 11.0 Å². The van der Waals surface area contributed by atoms with E-state index >= 15 is 0 Å². The summed E-state index contributed by atoms with van der Waals surface area (Å²) >= 11 is 0. The Morgan fingerprint density at radius 2 is 1.73 bits per heavy atom. The third kappa shape index (κ3) is 5.13. The van der Waals surface area contributed by atoms with E-state index in [0.717, 1.165) is 0 Å². The van der Waals surface area contributed by atoms with Crippen LogP contribution < -0.4 is 4.52 Å². The zero-order valence-electron chi connectivity index (χ0n) is 13.4. The molecule has 0 aliphatic rings. The number of para-hydroxylation sites is 1. The number of benzene rings is 1. The van der Waals surface area contributed by atoms with Gasteiger partial charge in [0.15, 0.2) is 0 Å². The van der Waals surface area contributed by atoms with E-state index in [1.807, 2.05) is 0 Å². The van der Waals surface area contributed by atoms with Crippen molar-refractivity contribution < 1.29 is 28.0 Å². The number of hydrogen-bond acceptors (Lipinski definition) is 5. The Labute approximate surface area is 131 Å². The summed E-state index contributed by atoms with van der Waals surface area (Å²) in [5.41, 5.74) is -0.0527. The fourth-order valence-corrected chi connectivity index (χ4v) is 3.32. The zero-order chi connectivity index (χ0) is 16.8. The van der Waals surface area contributed by atoms with Crippen molar-refractivity contribution in [2.75, 3.05) is 13.2 Å². The molecule has 22 heavy (non-hydrogen) atoms. The zero-order valence-corrected chi connectivity index (χ0v) is 14.3. The second kappa shape index (κ2) is 7.77. The van der Waals surface area contributed by atoms with E-state index < -0.39 is 19.2 Å². The summed E-state index contributed by atoms with van der Waals surface area (Å²) in [7, 11) is -3.72. The normalized spacial score (nSPS) is 12.2. The van der Waals surface area contributed by atoms with Crippen LogP contribution in [-0.2, 0) is 23.8 Å². The molecule has 1 aromatic carbocycles. The maximum absolute atomic E-state index is 12.5. The van der Waals surface area contributed by atoms with E-state index in [1.54, 1.807) is 52.0 Å². The number of hydrogen-bond donors (Lipinski definition) is 1. The first-order valence-electron chi connectivity index (χ1n) is 7.14. The Hall–Kier alpha value is -1.36. The molecule has 0 unspecified atom stereocenters. The molecule has 0 bridgehead atoms. The predicted molar refractivity (Wildman–Crippen MR) is 83.2 cm³/mol. The smallest absolute Gasteiger partial charge is 0.481 e. The number of carboxylic acid groups (broad SMARTS) is 1. The van der Waals surface area contributed by atoms with Crippen molar-refractivity contribution in [2.45, 2.75) is 39.5 Å². The number of phosphoric acid groups is 1. The van der Waals surface area contributed by atoms with Crippen molar-refractivity contribution in [1.29, 1.82) is 0 Å². The van der Waals surface area contributed by atoms with Crippen molar-refractivity contribution in [2.24, 2.45) is 0 Å². The van der Waals surface area contributed by atoms with Crippen molar-refractivity contribution >= 4 is 13.8 Å². The van der Waals surface area contributed by atoms with Crippen LogP contribution in [0.15, 0.2) is 24.3 Å². The SMILES string of the molecule is CCOP(=O)(OCC)Oc1ccccc1C(C)(C)CC(=O)O. The molecule has 0 atom stereocenters. The van der Waals surface area contributed by atoms with E-state index in [2.05, 4.69) is 0 Å². The Balaban J connectivity index is 3.15. The minimum atomic E-state index is -3.72. The fraction of sp³-hybridized carbons (Fsp3) is 0.533. The second-order valence-electron chi connectivity index (χ2n) is 5.32. The highest BCUT2D eigenvalue weighted by Crippen LogP contribution is 2.51. The molecule has 124 valence electrons. The Bertz CT molecular complexity index is 545. The first kappa shape index (κ1) is 18.7. The maximum atomic E-state index is 12.5. The van der Waals surface area contributed by atoms with Gasteiger partial charge in [0.25, 0.3) is 0 Å². The van der Waals surface area contributed by atoms with Gasteiger partial charge in [0.05, 0.1) is 19.6 Å². The lowest BCUT2D eigenvalue weighted by atomic mass is 9.81. The van der Waals surface area contributed by atoms with Crippen molar-refractivity contribution in [1.82, 2.24) is 0 Å². The van der Waals surface area contributed by atoms with Gasteiger partial charge in [-0.3, -0.25) is 13.8 Å². The highest BCUT2D eigenvalue weighted by molar-refractivity contribution is 7.48. The van der Waals surface area contributed by atoms with E-state index in [-0.39, 0.29) is 19.6 Å². The van der Waals surface area contributed by atoms with Crippen LogP contribution in [0.2, 0.25) is 0 Å². The molecule has 1 aromatic rings. The minimum absolute atomic E-state index is 0.0824. The molecule has 0 spiro atoms. The maximum Gasteiger partial charge on any atom is 0.530 e. The highest BCUT2D eigenvalue weighted by Gasteiger charge is 2.32. The molecule has 7 heteroatoms. The third-order valence-electron chi connectivity index (χ3n) is 2.99. The van der Waals surface area contributed by atoms with Crippen molar-refractivity contribution in [3.8, 4) is 5.75 Å². The van der Waals surface area contributed by atoms with Crippen LogP contribution in [-0.4, -0.2) is 24.3 Å². The predicted octanol–water partition coefficient (Wildman–Crippen LogP) is 4.00. The Morgan fingerprint density at radius 1 is 1.18 bits per heavy atom. The van der Waals surface area contributed by atoms with Crippen LogP contribution in [0.5, 0.6) is 5.75 Å². The summed E-state index contributed by atoms with van der Waals surface area (Å²) in [5, 5.41) is 9.06. The molecule has 0 heterocycles. The number of carbonyl (C=O) groups is 1. The van der Waals surface area contributed by atoms with E-state index in [9.17, 15) is 9.36 Å². The first-order valence-corrected chi connectivity index (χ1v) is 8.60. The monoisotopic (exact) mass is 330 g/mol. The van der Waals surface area contributed by atoms with E-state index in [0.29, 0.717) is 11.3 Å². The van der Waals surface area contributed by atoms with Gasteiger partial charge in [-0.05, 0) is 19.9 Å². The summed E-state index contributed by atoms with van der Waals surface area (Å²) in [4.78, 5) is 11.0. The van der Waals surface area contributed by atoms with Gasteiger partial charge in [-0.1, -0.05) is 32.0 Å². The van der Waals surface area contributed by atoms with E-state index in [1.165, 1.54) is 0 Å². The molecule has 1 N–H and O–H groups in total. The number of carboxylic acids is 1. The fourth-order valence-electron chi connectivity index (χ4n) is 2.11. The summed E-state index contributed by atoms with van der Waals surface area (Å²) in [6.07, 6.45) is -0.0824. The van der Waals surface area contributed by atoms with Gasteiger partial charge in [-0.25, -0.2) is 4.57 Å². The average molecular weight is 330 g/mol. The van der Waals surface area contributed by atoms with Crippen LogP contribution >= 0.6 is 7.82 Å². The molecule has 6 nitrogen and oxygen atoms in total. The summed E-state index contributed by atoms with van der Waals surface area (Å²) in [5.74, 6) is -0.614. The van der Waals surface area contributed by atoms with Gasteiger partial charge >= 0.3 is 13.8 Å². The lowest BCUT2D eigenvalue weighted by Crippen LogP contribution is -2.22. The van der Waals surface area contributed by atoms with Gasteiger partial charge in [0.1, 0.15) is 5.75 Å². The summed E-state index contributed by atoms with van der Waals surface area (Å²) in [6, 6.07) is 6.88. The average Bonchev–Trinajstić information content (AvgIpc) is 2.37.